The van der Waals surface area contributed by atoms with Gasteiger partial charge in [-0.2, -0.15) is 5.10 Å². The van der Waals surface area contributed by atoms with Crippen LogP contribution in [0.4, 0.5) is 4.39 Å². The zero-order valence-electron chi connectivity index (χ0n) is 23.6. The highest BCUT2D eigenvalue weighted by molar-refractivity contribution is 5.94. The largest absolute Gasteiger partial charge is 0.505 e. The zero-order valence-corrected chi connectivity index (χ0v) is 23.6. The van der Waals surface area contributed by atoms with E-state index in [4.69, 9.17) is 4.98 Å². The molecule has 4 heterocycles. The second-order valence-corrected chi connectivity index (χ2v) is 12.1. The number of hydrogen-bond donors (Lipinski definition) is 3. The normalized spacial score (nSPS) is 21.6. The monoisotopic (exact) mass is 530 g/mol. The van der Waals surface area contributed by atoms with Crippen molar-refractivity contribution < 1.29 is 9.50 Å². The lowest BCUT2D eigenvalue weighted by molar-refractivity contribution is 0.156. The van der Waals surface area contributed by atoms with Crippen LogP contribution in [-0.4, -0.2) is 67.3 Å². The Balaban J connectivity index is 1.19. The predicted molar refractivity (Wildman–Crippen MR) is 153 cm³/mol. The number of nitrogens with one attached hydrogen (secondary N) is 2. The lowest BCUT2D eigenvalue weighted by Gasteiger charge is -2.33. The number of fused-ring (bicyclic) bond motifs is 2. The van der Waals surface area contributed by atoms with Crippen molar-refractivity contribution in [1.29, 1.82) is 0 Å². The summed E-state index contributed by atoms with van der Waals surface area (Å²) in [6.45, 7) is 16.8. The lowest BCUT2D eigenvalue weighted by Crippen LogP contribution is -2.41. The van der Waals surface area contributed by atoms with Gasteiger partial charge in [0, 0.05) is 50.6 Å². The summed E-state index contributed by atoms with van der Waals surface area (Å²) < 4.78 is 14.2. The number of hydrogen-bond acceptors (Lipinski definition) is 5. The molecule has 2 aromatic carbocycles. The Morgan fingerprint density at radius 2 is 1.97 bits per heavy atom. The van der Waals surface area contributed by atoms with Gasteiger partial charge in [0.1, 0.15) is 5.69 Å². The van der Waals surface area contributed by atoms with E-state index in [1.165, 1.54) is 24.4 Å². The summed E-state index contributed by atoms with van der Waals surface area (Å²) in [5.74, 6) is 0.571. The quantitative estimate of drug-likeness (QED) is 0.296. The Labute approximate surface area is 229 Å². The van der Waals surface area contributed by atoms with Gasteiger partial charge in [-0.3, -0.25) is 14.9 Å². The van der Waals surface area contributed by atoms with E-state index in [0.717, 1.165) is 77.4 Å². The minimum absolute atomic E-state index is 0.315. The number of nitrogens with zero attached hydrogens (tertiary/aromatic N) is 4. The number of benzene rings is 2. The molecule has 0 spiro atoms. The number of rotatable bonds is 6. The van der Waals surface area contributed by atoms with Crippen LogP contribution in [0.2, 0.25) is 0 Å². The molecule has 0 bridgehead atoms. The molecule has 4 aromatic rings. The number of halogens is 1. The molecule has 3 N–H and O–H groups in total. The van der Waals surface area contributed by atoms with Gasteiger partial charge in [0.25, 0.3) is 0 Å². The van der Waals surface area contributed by atoms with Crippen LogP contribution in [0.25, 0.3) is 33.5 Å². The average molecular weight is 531 g/mol. The molecular weight excluding hydrogens is 491 g/mol. The molecule has 0 radical (unpaired) electrons. The van der Waals surface area contributed by atoms with Gasteiger partial charge in [-0.1, -0.05) is 33.8 Å². The standard InChI is InChI=1S/C31H39FN6O/c1-6-20-14-28(39)24(32)15-23(20)21-7-8-22-26(13-21)35-36-29(22)30-33-25-9-10-37(17-27(25)34-30)11-12-38-16-18(2)31(4,5)19(38)3/h7-8,13-15,18-19,39H,6,9-12,16-17H2,1-5H3,(H,33,34)(H,35,36). The molecule has 2 aliphatic heterocycles. The smallest absolute Gasteiger partial charge is 0.165 e. The van der Waals surface area contributed by atoms with Gasteiger partial charge >= 0.3 is 0 Å². The Morgan fingerprint density at radius 1 is 1.15 bits per heavy atom. The van der Waals surface area contributed by atoms with E-state index in [1.807, 2.05) is 25.1 Å². The molecule has 39 heavy (non-hydrogen) atoms. The van der Waals surface area contributed by atoms with Crippen molar-refractivity contribution in [2.45, 2.75) is 60.0 Å². The summed E-state index contributed by atoms with van der Waals surface area (Å²) >= 11 is 0. The maximum absolute atomic E-state index is 14.2. The summed E-state index contributed by atoms with van der Waals surface area (Å²) in [5, 5.41) is 18.5. The third kappa shape index (κ3) is 4.53. The molecule has 2 aromatic heterocycles. The third-order valence-corrected chi connectivity index (χ3v) is 9.67. The van der Waals surface area contributed by atoms with Crippen molar-refractivity contribution in [1.82, 2.24) is 30.0 Å². The maximum Gasteiger partial charge on any atom is 0.165 e. The van der Waals surface area contributed by atoms with Crippen LogP contribution in [0.5, 0.6) is 5.75 Å². The first kappa shape index (κ1) is 26.0. The fourth-order valence-corrected chi connectivity index (χ4v) is 6.37. The number of H-pyrrole nitrogens is 2. The second-order valence-electron chi connectivity index (χ2n) is 12.1. The fraction of sp³-hybridized carbons (Fsp3) is 0.484. The molecule has 2 aliphatic rings. The van der Waals surface area contributed by atoms with Crippen molar-refractivity contribution in [3.63, 3.8) is 0 Å². The van der Waals surface area contributed by atoms with Crippen LogP contribution in [0.15, 0.2) is 30.3 Å². The molecular formula is C31H39FN6O. The molecule has 1 saturated heterocycles. The number of imidazole rings is 1. The molecule has 8 heteroatoms. The van der Waals surface area contributed by atoms with Crippen LogP contribution < -0.4 is 0 Å². The summed E-state index contributed by atoms with van der Waals surface area (Å²) in [4.78, 5) is 13.7. The highest BCUT2D eigenvalue weighted by Gasteiger charge is 2.42. The minimum Gasteiger partial charge on any atom is -0.505 e. The number of aromatic hydroxyl groups is 1. The van der Waals surface area contributed by atoms with Crippen LogP contribution in [-0.2, 0) is 19.4 Å². The van der Waals surface area contributed by atoms with Gasteiger partial charge in [-0.05, 0) is 65.6 Å². The molecule has 1 fully saturated rings. The summed E-state index contributed by atoms with van der Waals surface area (Å²) in [6, 6.07) is 9.51. The molecule has 0 saturated carbocycles. The third-order valence-electron chi connectivity index (χ3n) is 9.67. The number of aryl methyl sites for hydroxylation is 1. The molecule has 2 unspecified atom stereocenters. The topological polar surface area (TPSA) is 84.1 Å². The number of aromatic amines is 2. The Hall–Kier alpha value is -3.23. The van der Waals surface area contributed by atoms with Gasteiger partial charge < -0.3 is 10.1 Å². The highest BCUT2D eigenvalue weighted by Crippen LogP contribution is 2.40. The lowest BCUT2D eigenvalue weighted by atomic mass is 9.78. The molecule has 6 rings (SSSR count). The number of phenols is 1. The van der Waals surface area contributed by atoms with Crippen molar-refractivity contribution in [3.8, 4) is 28.4 Å². The van der Waals surface area contributed by atoms with Gasteiger partial charge in [0.15, 0.2) is 17.4 Å². The Morgan fingerprint density at radius 3 is 2.72 bits per heavy atom. The molecule has 0 amide bonds. The van der Waals surface area contributed by atoms with Crippen LogP contribution in [0, 0.1) is 17.2 Å². The maximum atomic E-state index is 14.2. The van der Waals surface area contributed by atoms with E-state index in [2.05, 4.69) is 52.7 Å². The van der Waals surface area contributed by atoms with Crippen LogP contribution >= 0.6 is 0 Å². The van der Waals surface area contributed by atoms with Crippen molar-refractivity contribution >= 4 is 10.9 Å². The Bertz CT molecular complexity index is 1520. The Kier molecular flexibility index (Phi) is 6.50. The van der Waals surface area contributed by atoms with E-state index in [0.29, 0.717) is 23.8 Å². The second kappa shape index (κ2) is 9.75. The molecule has 2 atom stereocenters. The van der Waals surface area contributed by atoms with E-state index in [-0.39, 0.29) is 5.75 Å². The van der Waals surface area contributed by atoms with E-state index in [1.54, 1.807) is 0 Å². The fourth-order valence-electron chi connectivity index (χ4n) is 6.37. The number of likely N-dealkylation sites (tertiary alicyclic amines) is 1. The zero-order chi connectivity index (χ0) is 27.5. The van der Waals surface area contributed by atoms with Gasteiger partial charge in [-0.15, -0.1) is 0 Å². The van der Waals surface area contributed by atoms with E-state index in [9.17, 15) is 9.50 Å². The van der Waals surface area contributed by atoms with Crippen LogP contribution in [0.3, 0.4) is 0 Å². The van der Waals surface area contributed by atoms with Gasteiger partial charge in [0.05, 0.1) is 16.9 Å². The summed E-state index contributed by atoms with van der Waals surface area (Å²) in [7, 11) is 0. The first-order chi connectivity index (χ1) is 18.7. The predicted octanol–water partition coefficient (Wildman–Crippen LogP) is 5.75. The van der Waals surface area contributed by atoms with Gasteiger partial charge in [0.2, 0.25) is 0 Å². The van der Waals surface area contributed by atoms with Gasteiger partial charge in [-0.25, -0.2) is 9.37 Å². The van der Waals surface area contributed by atoms with Crippen molar-refractivity contribution in [3.05, 3.63) is 53.1 Å². The number of aromatic nitrogens is 4. The summed E-state index contributed by atoms with van der Waals surface area (Å²) in [5.41, 5.74) is 6.89. The molecule has 0 aliphatic carbocycles. The van der Waals surface area contributed by atoms with Crippen molar-refractivity contribution in [2.75, 3.05) is 26.2 Å². The van der Waals surface area contributed by atoms with Crippen molar-refractivity contribution in [2.24, 2.45) is 11.3 Å². The van der Waals surface area contributed by atoms with Crippen LogP contribution in [0.1, 0.15) is 51.6 Å². The minimum atomic E-state index is -0.615. The SMILES string of the molecule is CCc1cc(O)c(F)cc1-c1ccc2c(-c3nc4c([nH]3)CN(CCN3CC(C)C(C)(C)C3C)CC4)n[nH]c2c1. The first-order valence-corrected chi connectivity index (χ1v) is 14.2. The summed E-state index contributed by atoms with van der Waals surface area (Å²) in [6.07, 6.45) is 1.63. The average Bonchev–Trinajstić information content (AvgIpc) is 3.59. The molecule has 206 valence electrons. The first-order valence-electron chi connectivity index (χ1n) is 14.2. The van der Waals surface area contributed by atoms with E-state index < -0.39 is 5.82 Å². The number of phenolic OH excluding ortho intramolecular Hbond substituents is 1. The molecule has 7 nitrogen and oxygen atoms in total. The highest BCUT2D eigenvalue weighted by atomic mass is 19.1. The van der Waals surface area contributed by atoms with E-state index >= 15 is 0 Å².